The van der Waals surface area contributed by atoms with Gasteiger partial charge in [-0.2, -0.15) is 0 Å². The van der Waals surface area contributed by atoms with Gasteiger partial charge in [-0.25, -0.2) is 0 Å². The van der Waals surface area contributed by atoms with Crippen LogP contribution >= 0.6 is 0 Å². The van der Waals surface area contributed by atoms with Crippen LogP contribution in [0.4, 0.5) is 0 Å². The summed E-state index contributed by atoms with van der Waals surface area (Å²) < 4.78 is 8.34. The summed E-state index contributed by atoms with van der Waals surface area (Å²) in [7, 11) is 0. The van der Waals surface area contributed by atoms with Gasteiger partial charge in [0.25, 0.3) is 0 Å². The molecule has 0 aliphatic rings. The second kappa shape index (κ2) is 18.4. The molecule has 4 heavy (non-hydrogen) atoms. The molecule has 4 radical (unpaired) electrons. The van der Waals surface area contributed by atoms with E-state index in [0.717, 1.165) is 0 Å². The average molecular weight is 469 g/mol. The normalized spacial score (nSPS) is 1.00. The van der Waals surface area contributed by atoms with Crippen molar-refractivity contribution in [3.8, 4) is 0 Å². The van der Waals surface area contributed by atoms with E-state index in [1.807, 2.05) is 0 Å². The standard InChI is InChI=1S/O.Pb.Sb.Sn.5H. The molecular formula is H5OPbSbSn. The quantitative estimate of drug-likeness (QED) is 0.357. The fourth-order valence-corrected chi connectivity index (χ4v) is 0. The molecule has 4 heteroatoms. The molecule has 24 valence electrons. The van der Waals surface area contributed by atoms with Crippen LogP contribution in [0, 0.1) is 0 Å². The van der Waals surface area contributed by atoms with Crippen molar-refractivity contribution < 1.29 is 3.08 Å². The van der Waals surface area contributed by atoms with Gasteiger partial charge in [-0.3, -0.25) is 0 Å². The average Bonchev–Trinajstić information content (AvgIpc) is 1.00. The van der Waals surface area contributed by atoms with Crippen LogP contribution in [0.25, 0.3) is 0 Å². The molecule has 0 aliphatic carbocycles. The van der Waals surface area contributed by atoms with Crippen molar-refractivity contribution in [2.75, 3.05) is 0 Å². The van der Waals surface area contributed by atoms with Gasteiger partial charge in [0.15, 0.2) is 0 Å². The summed E-state index contributed by atoms with van der Waals surface area (Å²) in [6.45, 7) is 0. The zero-order valence-electron chi connectivity index (χ0n) is 2.32. The van der Waals surface area contributed by atoms with E-state index < -0.39 is 0 Å². The molecule has 0 spiro atoms. The Hall–Kier alpha value is 2.34. The zero-order chi connectivity index (χ0) is 2.00. The molecule has 0 amide bonds. The van der Waals surface area contributed by atoms with E-state index in [4.69, 9.17) is 3.08 Å². The number of hydrogen-bond acceptors (Lipinski definition) is 1. The van der Waals surface area contributed by atoms with Gasteiger partial charge in [-0.15, -0.1) is 0 Å². The molecule has 0 saturated carbocycles. The fourth-order valence-electron chi connectivity index (χ4n) is 0. The SMILES string of the molecule is [O]=[Sn].[PbH2].[SbH3]. The fraction of sp³-hybridized carbons (Fsp3) is 0. The summed E-state index contributed by atoms with van der Waals surface area (Å²) in [5.74, 6) is 0. The van der Waals surface area contributed by atoms with Crippen LogP contribution < -0.4 is 0 Å². The van der Waals surface area contributed by atoms with E-state index in [-0.39, 0.29) is 51.7 Å². The molecule has 0 aromatic rings. The first-order valence-corrected chi connectivity index (χ1v) is 1.37. The van der Waals surface area contributed by atoms with Crippen LogP contribution in [-0.4, -0.2) is 74.2 Å². The van der Waals surface area contributed by atoms with Crippen LogP contribution in [0.3, 0.4) is 0 Å². The van der Waals surface area contributed by atoms with Crippen LogP contribution in [0.5, 0.6) is 0 Å². The van der Waals surface area contributed by atoms with Gasteiger partial charge >= 0.3 is 77.3 Å². The molecule has 0 atom stereocenters. The predicted molar refractivity (Wildman–Crippen MR) is 24.9 cm³/mol. The van der Waals surface area contributed by atoms with Crippen molar-refractivity contribution in [3.05, 3.63) is 0 Å². The van der Waals surface area contributed by atoms with Gasteiger partial charge in [-0.1, -0.05) is 0 Å². The third-order valence-corrected chi connectivity index (χ3v) is 0. The molecule has 0 bridgehead atoms. The number of hydrogen-bond donors (Lipinski definition) is 0. The number of rotatable bonds is 0. The minimum atomic E-state index is 0. The summed E-state index contributed by atoms with van der Waals surface area (Å²) in [6.07, 6.45) is 0. The van der Waals surface area contributed by atoms with Gasteiger partial charge in [0, 0.05) is 0 Å². The maximum absolute atomic E-state index is 8.34. The topological polar surface area (TPSA) is 17.1 Å². The molecule has 0 aliphatic heterocycles. The van der Waals surface area contributed by atoms with Gasteiger partial charge < -0.3 is 0 Å². The van der Waals surface area contributed by atoms with E-state index in [1.54, 1.807) is 0 Å². The molecule has 0 aromatic carbocycles. The van der Waals surface area contributed by atoms with Crippen molar-refractivity contribution in [2.45, 2.75) is 0 Å². The predicted octanol–water partition coefficient (Wildman–Crippen LogP) is -2.60. The monoisotopic (exact) mass is 470 g/mol. The zero-order valence-corrected chi connectivity index (χ0v) is 14.7. The van der Waals surface area contributed by atoms with Crippen molar-refractivity contribution in [1.29, 1.82) is 0 Å². The first-order chi connectivity index (χ1) is 1.00. The molecule has 0 heterocycles. The van der Waals surface area contributed by atoms with Crippen LogP contribution in [-0.2, 0) is 3.08 Å². The van der Waals surface area contributed by atoms with Crippen molar-refractivity contribution in [2.24, 2.45) is 0 Å². The third-order valence-electron chi connectivity index (χ3n) is 0. The van der Waals surface area contributed by atoms with Crippen molar-refractivity contribution >= 4 is 74.2 Å². The third kappa shape index (κ3) is 8.84. The van der Waals surface area contributed by atoms with Crippen molar-refractivity contribution in [3.63, 3.8) is 0 Å². The summed E-state index contributed by atoms with van der Waals surface area (Å²) >= 11 is 0.300. The van der Waals surface area contributed by atoms with E-state index in [2.05, 4.69) is 0 Å². The van der Waals surface area contributed by atoms with Gasteiger partial charge in [-0.05, 0) is 0 Å². The molecule has 1 nitrogen and oxygen atoms in total. The summed E-state index contributed by atoms with van der Waals surface area (Å²) in [5, 5.41) is 0. The Balaban J connectivity index is -0.00000000500. The van der Waals surface area contributed by atoms with Crippen LogP contribution in [0.1, 0.15) is 0 Å². The van der Waals surface area contributed by atoms with E-state index in [1.165, 1.54) is 0 Å². The first kappa shape index (κ1) is 16.2. The van der Waals surface area contributed by atoms with E-state index >= 15 is 0 Å². The Bertz CT molecular complexity index is 8.00. The van der Waals surface area contributed by atoms with E-state index in [0.29, 0.717) is 22.5 Å². The Labute approximate surface area is 76.0 Å². The Morgan fingerprint density at radius 3 is 1.25 bits per heavy atom. The molecule has 0 aromatic heterocycles. The molecule has 0 unspecified atom stereocenters. The summed E-state index contributed by atoms with van der Waals surface area (Å²) in [6, 6.07) is 0. The molecule has 0 saturated heterocycles. The summed E-state index contributed by atoms with van der Waals surface area (Å²) in [4.78, 5) is 0. The second-order valence-electron chi connectivity index (χ2n) is 0. The van der Waals surface area contributed by atoms with Gasteiger partial charge in [0.05, 0.1) is 0 Å². The molecule has 0 rings (SSSR count). The molecule has 0 N–H and O–H groups in total. The Morgan fingerprint density at radius 1 is 1.25 bits per heavy atom. The summed E-state index contributed by atoms with van der Waals surface area (Å²) in [5.41, 5.74) is 0. The minimum absolute atomic E-state index is 0. The van der Waals surface area contributed by atoms with E-state index in [9.17, 15) is 0 Å². The van der Waals surface area contributed by atoms with Gasteiger partial charge in [0.1, 0.15) is 0 Å². The van der Waals surface area contributed by atoms with Crippen molar-refractivity contribution in [1.82, 2.24) is 0 Å². The van der Waals surface area contributed by atoms with Crippen LogP contribution in [0.2, 0.25) is 0 Å². The van der Waals surface area contributed by atoms with Crippen LogP contribution in [0.15, 0.2) is 0 Å². The van der Waals surface area contributed by atoms with Gasteiger partial charge in [0.2, 0.25) is 0 Å². The second-order valence-corrected chi connectivity index (χ2v) is 0. The Kier molecular flexibility index (Phi) is 74.4. The maximum atomic E-state index is 8.34. The molecule has 0 fully saturated rings. The molecular weight excluding hydrogens is 464 g/mol. The Morgan fingerprint density at radius 2 is 1.25 bits per heavy atom. The first-order valence-electron chi connectivity index (χ1n) is 0.204.